The maximum Gasteiger partial charge on any atom is 0.259 e. The first-order chi connectivity index (χ1) is 11.5. The minimum Gasteiger partial charge on any atom is -0.496 e. The Balaban J connectivity index is 2.05. The fourth-order valence-electron chi connectivity index (χ4n) is 2.06. The van der Waals surface area contributed by atoms with Gasteiger partial charge in [-0.15, -0.1) is 0 Å². The van der Waals surface area contributed by atoms with E-state index in [1.807, 2.05) is 25.1 Å². The highest BCUT2D eigenvalue weighted by Gasteiger charge is 2.12. The van der Waals surface area contributed by atoms with Crippen LogP contribution in [-0.2, 0) is 0 Å². The molecule has 0 fully saturated rings. The summed E-state index contributed by atoms with van der Waals surface area (Å²) in [6.07, 6.45) is 0. The molecule has 0 saturated carbocycles. The molecule has 1 amide bonds. The highest BCUT2D eigenvalue weighted by molar-refractivity contribution is 6.32. The number of hydrogen-bond acceptors (Lipinski definition) is 4. The molecular formula is C18H21ClN2O3. The lowest BCUT2D eigenvalue weighted by molar-refractivity contribution is 0.102. The molecule has 0 heterocycles. The van der Waals surface area contributed by atoms with Crippen molar-refractivity contribution >= 4 is 23.2 Å². The third-order valence-electron chi connectivity index (χ3n) is 3.34. The average molecular weight is 349 g/mol. The summed E-state index contributed by atoms with van der Waals surface area (Å²) >= 11 is 6.22. The Morgan fingerprint density at radius 3 is 2.58 bits per heavy atom. The van der Waals surface area contributed by atoms with E-state index >= 15 is 0 Å². The molecule has 6 heteroatoms. The summed E-state index contributed by atoms with van der Waals surface area (Å²) in [5.41, 5.74) is 1.05. The second-order valence-electron chi connectivity index (χ2n) is 5.45. The molecule has 0 aliphatic rings. The van der Waals surface area contributed by atoms with E-state index in [9.17, 15) is 4.79 Å². The van der Waals surface area contributed by atoms with Crippen molar-refractivity contribution in [1.82, 2.24) is 4.90 Å². The van der Waals surface area contributed by atoms with Gasteiger partial charge >= 0.3 is 0 Å². The number of likely N-dealkylation sites (N-methyl/N-ethyl adjacent to an activating group) is 1. The van der Waals surface area contributed by atoms with E-state index in [-0.39, 0.29) is 5.91 Å². The fraction of sp³-hybridized carbons (Fsp3) is 0.278. The van der Waals surface area contributed by atoms with Crippen molar-refractivity contribution in [3.8, 4) is 11.5 Å². The molecule has 2 rings (SSSR count). The Morgan fingerprint density at radius 1 is 1.17 bits per heavy atom. The molecule has 24 heavy (non-hydrogen) atoms. The van der Waals surface area contributed by atoms with Crippen LogP contribution >= 0.6 is 11.6 Å². The van der Waals surface area contributed by atoms with Crippen LogP contribution in [0.4, 0.5) is 5.69 Å². The minimum absolute atomic E-state index is 0.259. The largest absolute Gasteiger partial charge is 0.496 e. The highest BCUT2D eigenvalue weighted by atomic mass is 35.5. The number of nitrogens with zero attached hydrogens (tertiary/aromatic N) is 1. The Morgan fingerprint density at radius 2 is 1.92 bits per heavy atom. The van der Waals surface area contributed by atoms with Crippen LogP contribution in [0.3, 0.4) is 0 Å². The summed E-state index contributed by atoms with van der Waals surface area (Å²) in [5, 5.41) is 3.26. The van der Waals surface area contributed by atoms with E-state index in [0.29, 0.717) is 34.4 Å². The van der Waals surface area contributed by atoms with Gasteiger partial charge in [0.25, 0.3) is 5.91 Å². The predicted molar refractivity (Wildman–Crippen MR) is 96.4 cm³/mol. The zero-order valence-corrected chi connectivity index (χ0v) is 14.8. The van der Waals surface area contributed by atoms with E-state index in [0.717, 1.165) is 6.54 Å². The third kappa shape index (κ3) is 4.88. The third-order valence-corrected chi connectivity index (χ3v) is 3.63. The number of halogens is 1. The Hall–Kier alpha value is -2.24. The zero-order valence-electron chi connectivity index (χ0n) is 14.0. The van der Waals surface area contributed by atoms with Gasteiger partial charge in [0.15, 0.2) is 0 Å². The molecule has 2 aromatic rings. The molecule has 0 atom stereocenters. The molecule has 0 spiro atoms. The summed E-state index contributed by atoms with van der Waals surface area (Å²) in [7, 11) is 5.48. The Bertz CT molecular complexity index is 704. The molecule has 0 bridgehead atoms. The van der Waals surface area contributed by atoms with Gasteiger partial charge in [0.2, 0.25) is 0 Å². The number of benzene rings is 2. The molecule has 0 aliphatic heterocycles. The Kier molecular flexibility index (Phi) is 6.46. The lowest BCUT2D eigenvalue weighted by Gasteiger charge is -2.13. The molecular weight excluding hydrogens is 328 g/mol. The molecule has 0 radical (unpaired) electrons. The molecule has 0 saturated heterocycles. The molecule has 1 N–H and O–H groups in total. The van der Waals surface area contributed by atoms with Crippen LogP contribution < -0.4 is 14.8 Å². The van der Waals surface area contributed by atoms with Crippen LogP contribution in [0.1, 0.15) is 10.4 Å². The number of nitrogens with one attached hydrogen (secondary N) is 1. The number of ether oxygens (including phenoxy) is 2. The van der Waals surface area contributed by atoms with Crippen LogP contribution in [0.25, 0.3) is 0 Å². The van der Waals surface area contributed by atoms with Crippen molar-refractivity contribution in [2.75, 3.05) is 39.7 Å². The smallest absolute Gasteiger partial charge is 0.259 e. The van der Waals surface area contributed by atoms with Crippen molar-refractivity contribution in [1.29, 1.82) is 0 Å². The number of amides is 1. The molecule has 2 aromatic carbocycles. The van der Waals surface area contributed by atoms with Crippen molar-refractivity contribution in [2.45, 2.75) is 0 Å². The summed E-state index contributed by atoms with van der Waals surface area (Å²) in [6.45, 7) is 1.34. The first-order valence-corrected chi connectivity index (χ1v) is 7.90. The van der Waals surface area contributed by atoms with Gasteiger partial charge in [-0.3, -0.25) is 4.79 Å². The quantitative estimate of drug-likeness (QED) is 0.831. The van der Waals surface area contributed by atoms with E-state index in [2.05, 4.69) is 5.32 Å². The van der Waals surface area contributed by atoms with Gasteiger partial charge in [-0.05, 0) is 44.4 Å². The summed E-state index contributed by atoms with van der Waals surface area (Å²) < 4.78 is 10.8. The van der Waals surface area contributed by atoms with Crippen molar-refractivity contribution in [3.05, 3.63) is 53.1 Å². The van der Waals surface area contributed by atoms with Gasteiger partial charge in [0.05, 0.1) is 17.7 Å². The molecule has 0 aromatic heterocycles. The average Bonchev–Trinajstić information content (AvgIpc) is 2.56. The van der Waals surface area contributed by atoms with Gasteiger partial charge in [-0.2, -0.15) is 0 Å². The normalized spacial score (nSPS) is 10.5. The second-order valence-corrected chi connectivity index (χ2v) is 5.86. The van der Waals surface area contributed by atoms with E-state index in [1.54, 1.807) is 36.4 Å². The van der Waals surface area contributed by atoms with Crippen LogP contribution in [-0.4, -0.2) is 45.2 Å². The van der Waals surface area contributed by atoms with Crippen LogP contribution in [0.2, 0.25) is 5.02 Å². The first kappa shape index (κ1) is 18.1. The van der Waals surface area contributed by atoms with Crippen LogP contribution in [0.15, 0.2) is 42.5 Å². The van der Waals surface area contributed by atoms with Crippen molar-refractivity contribution in [3.63, 3.8) is 0 Å². The number of hydrogen-bond donors (Lipinski definition) is 1. The molecule has 5 nitrogen and oxygen atoms in total. The van der Waals surface area contributed by atoms with Crippen molar-refractivity contribution in [2.24, 2.45) is 0 Å². The number of carbonyl (C=O) groups is 1. The number of carbonyl (C=O) groups excluding carboxylic acids is 1. The van der Waals surface area contributed by atoms with Crippen LogP contribution in [0.5, 0.6) is 11.5 Å². The molecule has 0 aliphatic carbocycles. The number of para-hydroxylation sites is 1. The van der Waals surface area contributed by atoms with Gasteiger partial charge in [0.1, 0.15) is 18.1 Å². The topological polar surface area (TPSA) is 50.8 Å². The highest BCUT2D eigenvalue weighted by Crippen LogP contribution is 2.28. The SMILES string of the molecule is COc1ccccc1C(=O)Nc1ccc(OCCN(C)C)c(Cl)c1. The first-order valence-electron chi connectivity index (χ1n) is 7.52. The van der Waals surface area contributed by atoms with Gasteiger partial charge in [-0.25, -0.2) is 0 Å². The lowest BCUT2D eigenvalue weighted by atomic mass is 10.2. The monoisotopic (exact) mass is 348 g/mol. The fourth-order valence-corrected chi connectivity index (χ4v) is 2.30. The molecule has 0 unspecified atom stereocenters. The van der Waals surface area contributed by atoms with Crippen molar-refractivity contribution < 1.29 is 14.3 Å². The van der Waals surface area contributed by atoms with E-state index in [4.69, 9.17) is 21.1 Å². The second kappa shape index (κ2) is 8.57. The van der Waals surface area contributed by atoms with E-state index in [1.165, 1.54) is 7.11 Å². The standard InChI is InChI=1S/C18H21ClN2O3/c1-21(2)10-11-24-17-9-8-13(12-15(17)19)20-18(22)14-6-4-5-7-16(14)23-3/h4-9,12H,10-11H2,1-3H3,(H,20,22). The maximum atomic E-state index is 12.4. The summed E-state index contributed by atoms with van der Waals surface area (Å²) in [6, 6.07) is 12.2. The molecule has 128 valence electrons. The zero-order chi connectivity index (χ0) is 17.5. The van der Waals surface area contributed by atoms with Gasteiger partial charge in [0, 0.05) is 12.2 Å². The predicted octanol–water partition coefficient (Wildman–Crippen LogP) is 3.54. The number of anilines is 1. The van der Waals surface area contributed by atoms with Gasteiger partial charge < -0.3 is 19.7 Å². The van der Waals surface area contributed by atoms with E-state index < -0.39 is 0 Å². The summed E-state index contributed by atoms with van der Waals surface area (Å²) in [4.78, 5) is 14.4. The van der Waals surface area contributed by atoms with Crippen LogP contribution in [0, 0.1) is 0 Å². The number of methoxy groups -OCH3 is 1. The van der Waals surface area contributed by atoms with Gasteiger partial charge in [-0.1, -0.05) is 23.7 Å². The minimum atomic E-state index is -0.259. The lowest BCUT2D eigenvalue weighted by Crippen LogP contribution is -2.19. The Labute approximate surface area is 147 Å². The maximum absolute atomic E-state index is 12.4. The summed E-state index contributed by atoms with van der Waals surface area (Å²) in [5.74, 6) is 0.850. The number of rotatable bonds is 7.